The van der Waals surface area contributed by atoms with Gasteiger partial charge in [0.1, 0.15) is 0 Å². The maximum absolute atomic E-state index is 12.1. The zero-order valence-corrected chi connectivity index (χ0v) is 13.8. The first-order chi connectivity index (χ1) is 9.74. The van der Waals surface area contributed by atoms with E-state index in [1.54, 1.807) is 18.2 Å². The van der Waals surface area contributed by atoms with Crippen LogP contribution in [0.2, 0.25) is 5.02 Å². The van der Waals surface area contributed by atoms with Gasteiger partial charge < -0.3 is 11.1 Å². The van der Waals surface area contributed by atoms with E-state index in [4.69, 9.17) is 17.3 Å². The molecule has 0 aromatic heterocycles. The fourth-order valence-electron chi connectivity index (χ4n) is 1.64. The number of nitrogens with two attached hydrogens (primary N) is 1. The van der Waals surface area contributed by atoms with E-state index in [2.05, 4.69) is 44.9 Å². The second kappa shape index (κ2) is 7.49. The van der Waals surface area contributed by atoms with Crippen molar-refractivity contribution in [2.75, 3.05) is 11.9 Å². The molecule has 0 aliphatic rings. The smallest absolute Gasteiger partial charge is 0.224 e. The summed E-state index contributed by atoms with van der Waals surface area (Å²) in [6.45, 7) is 8.75. The molecule has 1 unspecified atom stereocenters. The molecule has 1 rings (SSSR count). The Kier molecular flexibility index (Phi) is 6.26. The monoisotopic (exact) mass is 306 g/mol. The number of halogens is 1. The SMILES string of the molecule is CC(CC(=O)Nc1ccc(Cl)c(C#CCN)c1)C(C)(C)C. The highest BCUT2D eigenvalue weighted by atomic mass is 35.5. The van der Waals surface area contributed by atoms with Gasteiger partial charge in [-0.3, -0.25) is 4.79 Å². The predicted octanol–water partition coefficient (Wildman–Crippen LogP) is 3.66. The number of hydrogen-bond donors (Lipinski definition) is 2. The average molecular weight is 307 g/mol. The first-order valence-corrected chi connectivity index (χ1v) is 7.40. The summed E-state index contributed by atoms with van der Waals surface area (Å²) in [5, 5.41) is 3.45. The van der Waals surface area contributed by atoms with Gasteiger partial charge in [0.05, 0.1) is 11.6 Å². The Morgan fingerprint density at radius 3 is 2.67 bits per heavy atom. The Balaban J connectivity index is 2.77. The highest BCUT2D eigenvalue weighted by Gasteiger charge is 2.22. The summed E-state index contributed by atoms with van der Waals surface area (Å²) in [5.74, 6) is 5.94. The quantitative estimate of drug-likeness (QED) is 0.837. The van der Waals surface area contributed by atoms with E-state index >= 15 is 0 Å². The van der Waals surface area contributed by atoms with Crippen LogP contribution in [0.5, 0.6) is 0 Å². The molecular weight excluding hydrogens is 284 g/mol. The first kappa shape index (κ1) is 17.6. The number of benzene rings is 1. The molecule has 0 aliphatic heterocycles. The van der Waals surface area contributed by atoms with Crippen LogP contribution in [0.4, 0.5) is 5.69 Å². The van der Waals surface area contributed by atoms with Crippen molar-refractivity contribution >= 4 is 23.2 Å². The molecule has 0 fully saturated rings. The standard InChI is InChI=1S/C17H23ClN2O/c1-12(17(2,3)4)10-16(21)20-14-7-8-15(18)13(11-14)6-5-9-19/h7-8,11-12H,9-10,19H2,1-4H3,(H,20,21). The van der Waals surface area contributed by atoms with Crippen molar-refractivity contribution < 1.29 is 4.79 Å². The average Bonchev–Trinajstić information content (AvgIpc) is 2.38. The predicted molar refractivity (Wildman–Crippen MR) is 89.3 cm³/mol. The molecule has 1 atom stereocenters. The lowest BCUT2D eigenvalue weighted by molar-refractivity contribution is -0.117. The highest BCUT2D eigenvalue weighted by molar-refractivity contribution is 6.31. The third kappa shape index (κ3) is 5.79. The Morgan fingerprint density at radius 2 is 2.10 bits per heavy atom. The third-order valence-corrected chi connectivity index (χ3v) is 3.87. The lowest BCUT2D eigenvalue weighted by Crippen LogP contribution is -2.23. The van der Waals surface area contributed by atoms with E-state index in [0.717, 1.165) is 0 Å². The van der Waals surface area contributed by atoms with Gasteiger partial charge in [-0.15, -0.1) is 0 Å². The molecule has 4 heteroatoms. The van der Waals surface area contributed by atoms with Gasteiger partial charge in [0.15, 0.2) is 0 Å². The van der Waals surface area contributed by atoms with Crippen molar-refractivity contribution in [1.82, 2.24) is 0 Å². The Morgan fingerprint density at radius 1 is 1.43 bits per heavy atom. The number of rotatable bonds is 3. The summed E-state index contributed by atoms with van der Waals surface area (Å²) in [6.07, 6.45) is 0.482. The minimum absolute atomic E-state index is 0.00233. The van der Waals surface area contributed by atoms with Gasteiger partial charge in [0.2, 0.25) is 5.91 Å². The van der Waals surface area contributed by atoms with Crippen LogP contribution in [-0.2, 0) is 4.79 Å². The van der Waals surface area contributed by atoms with Gasteiger partial charge in [0, 0.05) is 17.7 Å². The molecule has 0 bridgehead atoms. The summed E-state index contributed by atoms with van der Waals surface area (Å²) >= 11 is 6.06. The van der Waals surface area contributed by atoms with E-state index in [-0.39, 0.29) is 17.9 Å². The molecule has 0 saturated heterocycles. The summed E-state index contributed by atoms with van der Waals surface area (Å²) in [5.41, 5.74) is 6.83. The van der Waals surface area contributed by atoms with E-state index in [1.807, 2.05) is 0 Å². The van der Waals surface area contributed by atoms with Crippen molar-refractivity contribution in [2.24, 2.45) is 17.1 Å². The summed E-state index contributed by atoms with van der Waals surface area (Å²) in [4.78, 5) is 12.1. The van der Waals surface area contributed by atoms with Gasteiger partial charge in [-0.25, -0.2) is 0 Å². The zero-order chi connectivity index (χ0) is 16.0. The molecule has 0 spiro atoms. The van der Waals surface area contributed by atoms with Crippen LogP contribution in [-0.4, -0.2) is 12.5 Å². The molecule has 1 aromatic rings. The fraction of sp³-hybridized carbons (Fsp3) is 0.471. The molecule has 3 nitrogen and oxygen atoms in total. The molecule has 1 amide bonds. The van der Waals surface area contributed by atoms with E-state index in [0.29, 0.717) is 28.6 Å². The van der Waals surface area contributed by atoms with Crippen LogP contribution in [0.15, 0.2) is 18.2 Å². The first-order valence-electron chi connectivity index (χ1n) is 7.02. The lowest BCUT2D eigenvalue weighted by Gasteiger charge is -2.26. The van der Waals surface area contributed by atoms with Crippen LogP contribution in [0.25, 0.3) is 0 Å². The van der Waals surface area contributed by atoms with Gasteiger partial charge >= 0.3 is 0 Å². The van der Waals surface area contributed by atoms with Gasteiger partial charge in [-0.2, -0.15) is 0 Å². The van der Waals surface area contributed by atoms with Crippen LogP contribution < -0.4 is 11.1 Å². The largest absolute Gasteiger partial charge is 0.326 e. The number of nitrogens with one attached hydrogen (secondary N) is 1. The molecule has 1 aromatic carbocycles. The second-order valence-corrected chi connectivity index (χ2v) is 6.63. The van der Waals surface area contributed by atoms with E-state index < -0.39 is 0 Å². The number of anilines is 1. The molecule has 0 aliphatic carbocycles. The van der Waals surface area contributed by atoms with Crippen LogP contribution in [0.3, 0.4) is 0 Å². The third-order valence-electron chi connectivity index (χ3n) is 3.55. The van der Waals surface area contributed by atoms with Gasteiger partial charge in [-0.1, -0.05) is 51.1 Å². The van der Waals surface area contributed by atoms with E-state index in [1.165, 1.54) is 0 Å². The van der Waals surface area contributed by atoms with Gasteiger partial charge in [-0.05, 0) is 29.5 Å². The number of hydrogen-bond acceptors (Lipinski definition) is 2. The Labute approximate surface area is 132 Å². The minimum Gasteiger partial charge on any atom is -0.326 e. The van der Waals surface area contributed by atoms with Crippen LogP contribution in [0.1, 0.15) is 39.7 Å². The van der Waals surface area contributed by atoms with Crippen molar-refractivity contribution in [3.63, 3.8) is 0 Å². The number of amides is 1. The number of carbonyl (C=O) groups is 1. The fourth-order valence-corrected chi connectivity index (χ4v) is 1.81. The van der Waals surface area contributed by atoms with Gasteiger partial charge in [0.25, 0.3) is 0 Å². The van der Waals surface area contributed by atoms with Crippen molar-refractivity contribution in [3.05, 3.63) is 28.8 Å². The van der Waals surface area contributed by atoms with Crippen LogP contribution in [0, 0.1) is 23.2 Å². The minimum atomic E-state index is -0.00233. The topological polar surface area (TPSA) is 55.1 Å². The molecule has 0 saturated carbocycles. The molecule has 0 heterocycles. The normalized spacial score (nSPS) is 12.3. The van der Waals surface area contributed by atoms with E-state index in [9.17, 15) is 4.79 Å². The maximum atomic E-state index is 12.1. The molecule has 114 valence electrons. The molecule has 0 radical (unpaired) electrons. The summed E-state index contributed by atoms with van der Waals surface area (Å²) in [7, 11) is 0. The zero-order valence-electron chi connectivity index (χ0n) is 13.1. The lowest BCUT2D eigenvalue weighted by atomic mass is 9.80. The van der Waals surface area contributed by atoms with Crippen molar-refractivity contribution in [2.45, 2.75) is 34.1 Å². The second-order valence-electron chi connectivity index (χ2n) is 6.22. The highest BCUT2D eigenvalue weighted by Crippen LogP contribution is 2.28. The summed E-state index contributed by atoms with van der Waals surface area (Å²) < 4.78 is 0. The Bertz CT molecular complexity index is 564. The molecule has 21 heavy (non-hydrogen) atoms. The Hall–Kier alpha value is -1.50. The molecular formula is C17H23ClN2O. The van der Waals surface area contributed by atoms with Crippen molar-refractivity contribution in [1.29, 1.82) is 0 Å². The van der Waals surface area contributed by atoms with Crippen LogP contribution >= 0.6 is 11.6 Å². The molecule has 3 N–H and O–H groups in total. The maximum Gasteiger partial charge on any atom is 0.224 e. The number of carbonyl (C=O) groups excluding carboxylic acids is 1. The summed E-state index contributed by atoms with van der Waals surface area (Å²) in [6, 6.07) is 5.27. The van der Waals surface area contributed by atoms with Crippen molar-refractivity contribution in [3.8, 4) is 11.8 Å².